The lowest BCUT2D eigenvalue weighted by Crippen LogP contribution is -2.26. The van der Waals surface area contributed by atoms with Crippen molar-refractivity contribution in [3.63, 3.8) is 0 Å². The van der Waals surface area contributed by atoms with Gasteiger partial charge in [-0.15, -0.1) is 0 Å². The van der Waals surface area contributed by atoms with E-state index in [1.165, 1.54) is 14.2 Å². The second-order valence-corrected chi connectivity index (χ2v) is 8.00. The second kappa shape index (κ2) is 6.04. The molecule has 0 aliphatic rings. The molecule has 0 aromatic heterocycles. The maximum Gasteiger partial charge on any atom is 0.409 e. The van der Waals surface area contributed by atoms with E-state index < -0.39 is 16.1 Å². The lowest BCUT2D eigenvalue weighted by Gasteiger charge is -2.26. The molecule has 1 aromatic carbocycles. The van der Waals surface area contributed by atoms with Crippen LogP contribution in [0.1, 0.15) is 26.3 Å². The average Bonchev–Trinajstić information content (AvgIpc) is 2.33. The summed E-state index contributed by atoms with van der Waals surface area (Å²) in [7, 11) is -0.765. The zero-order valence-corrected chi connectivity index (χ0v) is 14.4. The number of anilines is 2. The number of sulfonamides is 1. The van der Waals surface area contributed by atoms with Crippen molar-refractivity contribution in [2.75, 3.05) is 30.0 Å². The van der Waals surface area contributed by atoms with Gasteiger partial charge >= 0.3 is 6.09 Å². The molecule has 22 heavy (non-hydrogen) atoms. The first-order valence-corrected chi connectivity index (χ1v) is 8.39. The first-order chi connectivity index (χ1) is 9.87. The summed E-state index contributed by atoms with van der Waals surface area (Å²) in [6, 6.07) is 3.33. The molecule has 1 aromatic rings. The Labute approximate surface area is 130 Å². The minimum absolute atomic E-state index is 0.156. The molecule has 1 amide bonds. The Balaban J connectivity index is 3.68. The Morgan fingerprint density at radius 2 is 1.86 bits per heavy atom. The van der Waals surface area contributed by atoms with Gasteiger partial charge in [0.15, 0.2) is 5.75 Å². The number of rotatable bonds is 4. The summed E-state index contributed by atoms with van der Waals surface area (Å²) in [5.41, 5.74) is 0.963. The van der Waals surface area contributed by atoms with Crippen molar-refractivity contribution in [1.29, 1.82) is 0 Å². The van der Waals surface area contributed by atoms with Crippen LogP contribution in [0.15, 0.2) is 12.1 Å². The third kappa shape index (κ3) is 4.03. The molecule has 124 valence electrons. The van der Waals surface area contributed by atoms with Crippen molar-refractivity contribution in [3.05, 3.63) is 17.7 Å². The van der Waals surface area contributed by atoms with Crippen LogP contribution in [0.25, 0.3) is 0 Å². The Bertz CT molecular complexity index is 677. The van der Waals surface area contributed by atoms with Gasteiger partial charge in [-0.3, -0.25) is 9.62 Å². The number of methoxy groups -OCH3 is 1. The van der Waals surface area contributed by atoms with Crippen LogP contribution in [-0.4, -0.2) is 40.0 Å². The molecule has 0 unspecified atom stereocenters. The van der Waals surface area contributed by atoms with Crippen molar-refractivity contribution >= 4 is 27.5 Å². The monoisotopic (exact) mass is 330 g/mol. The highest BCUT2D eigenvalue weighted by molar-refractivity contribution is 7.92. The van der Waals surface area contributed by atoms with E-state index >= 15 is 0 Å². The number of carboxylic acid groups (broad SMARTS) is 1. The summed E-state index contributed by atoms with van der Waals surface area (Å²) >= 11 is 0. The normalized spacial score (nSPS) is 11.9. The van der Waals surface area contributed by atoms with Crippen LogP contribution < -0.4 is 14.4 Å². The summed E-state index contributed by atoms with van der Waals surface area (Å²) in [5, 5.41) is 11.2. The molecule has 7 nitrogen and oxygen atoms in total. The van der Waals surface area contributed by atoms with E-state index in [1.807, 2.05) is 20.8 Å². The zero-order valence-electron chi connectivity index (χ0n) is 13.6. The van der Waals surface area contributed by atoms with Gasteiger partial charge in [-0.1, -0.05) is 20.8 Å². The Morgan fingerprint density at radius 1 is 1.32 bits per heavy atom. The molecule has 0 aliphatic heterocycles. The van der Waals surface area contributed by atoms with E-state index in [0.717, 1.165) is 16.1 Å². The molecule has 0 saturated heterocycles. The third-order valence-corrected chi connectivity index (χ3v) is 4.41. The number of ether oxygens (including phenoxy) is 1. The van der Waals surface area contributed by atoms with Crippen molar-refractivity contribution in [1.82, 2.24) is 0 Å². The molecular formula is C14H22N2O5S. The number of benzene rings is 1. The van der Waals surface area contributed by atoms with Gasteiger partial charge in [0.2, 0.25) is 10.0 Å². The van der Waals surface area contributed by atoms with Gasteiger partial charge in [-0.2, -0.15) is 0 Å². The van der Waals surface area contributed by atoms with Crippen molar-refractivity contribution in [2.45, 2.75) is 26.2 Å². The van der Waals surface area contributed by atoms with Crippen LogP contribution >= 0.6 is 0 Å². The molecule has 0 radical (unpaired) electrons. The van der Waals surface area contributed by atoms with Crippen molar-refractivity contribution in [2.24, 2.45) is 0 Å². The molecule has 8 heteroatoms. The molecule has 0 atom stereocenters. The largest absolute Gasteiger partial charge is 0.492 e. The van der Waals surface area contributed by atoms with E-state index in [-0.39, 0.29) is 22.5 Å². The Hall–Kier alpha value is -1.96. The number of carbonyl (C=O) groups is 1. The van der Waals surface area contributed by atoms with Crippen LogP contribution in [-0.2, 0) is 15.4 Å². The van der Waals surface area contributed by atoms with Gasteiger partial charge in [-0.05, 0) is 23.1 Å². The standard InChI is InChI=1S/C14H22N2O5S/c1-14(2,3)9-7-10(15-13(17)18)12(21-5)11(8-9)16(4)22(6,19)20/h7-8,15H,1-6H3,(H,17,18). The fourth-order valence-electron chi connectivity index (χ4n) is 1.88. The summed E-state index contributed by atoms with van der Waals surface area (Å²) in [5.74, 6) is 0.156. The van der Waals surface area contributed by atoms with Crippen LogP contribution in [0, 0.1) is 0 Å². The van der Waals surface area contributed by atoms with Crippen LogP contribution in [0.5, 0.6) is 5.75 Å². The first-order valence-electron chi connectivity index (χ1n) is 6.54. The second-order valence-electron chi connectivity index (χ2n) is 5.99. The predicted octanol–water partition coefficient (Wildman–Crippen LogP) is 2.48. The molecule has 0 bridgehead atoms. The minimum atomic E-state index is -3.52. The summed E-state index contributed by atoms with van der Waals surface area (Å²) < 4.78 is 29.9. The van der Waals surface area contributed by atoms with Gasteiger partial charge in [-0.25, -0.2) is 13.2 Å². The molecule has 0 saturated carbocycles. The van der Waals surface area contributed by atoms with E-state index in [1.54, 1.807) is 12.1 Å². The maximum absolute atomic E-state index is 11.8. The van der Waals surface area contributed by atoms with Gasteiger partial charge < -0.3 is 9.84 Å². The van der Waals surface area contributed by atoms with Gasteiger partial charge in [0.05, 0.1) is 24.7 Å². The molecular weight excluding hydrogens is 308 g/mol. The van der Waals surface area contributed by atoms with Gasteiger partial charge in [0, 0.05) is 7.05 Å². The average molecular weight is 330 g/mol. The quantitative estimate of drug-likeness (QED) is 0.884. The number of hydrogen-bond acceptors (Lipinski definition) is 4. The molecule has 0 spiro atoms. The van der Waals surface area contributed by atoms with Crippen LogP contribution in [0.2, 0.25) is 0 Å². The van der Waals surface area contributed by atoms with E-state index in [9.17, 15) is 13.2 Å². The number of nitrogens with one attached hydrogen (secondary N) is 1. The Kier molecular flexibility index (Phi) is 4.96. The van der Waals surface area contributed by atoms with E-state index in [0.29, 0.717) is 0 Å². The first kappa shape index (κ1) is 18.1. The SMILES string of the molecule is COc1c(NC(=O)O)cc(C(C)(C)C)cc1N(C)S(C)(=O)=O. The van der Waals surface area contributed by atoms with Crippen LogP contribution in [0.4, 0.5) is 16.2 Å². The topological polar surface area (TPSA) is 95.9 Å². The highest BCUT2D eigenvalue weighted by Gasteiger charge is 2.25. The van der Waals surface area contributed by atoms with E-state index in [2.05, 4.69) is 5.32 Å². The smallest absolute Gasteiger partial charge is 0.409 e. The zero-order chi connectivity index (χ0) is 17.3. The maximum atomic E-state index is 11.8. The summed E-state index contributed by atoms with van der Waals surface area (Å²) in [6.45, 7) is 5.84. The molecule has 2 N–H and O–H groups in total. The molecule has 0 heterocycles. The Morgan fingerprint density at radius 3 is 2.23 bits per heavy atom. The summed E-state index contributed by atoms with van der Waals surface area (Å²) in [6.07, 6.45) is -0.183. The highest BCUT2D eigenvalue weighted by atomic mass is 32.2. The molecule has 1 rings (SSSR count). The van der Waals surface area contributed by atoms with Gasteiger partial charge in [0.1, 0.15) is 0 Å². The third-order valence-electron chi connectivity index (χ3n) is 3.22. The predicted molar refractivity (Wildman–Crippen MR) is 86.6 cm³/mol. The highest BCUT2D eigenvalue weighted by Crippen LogP contribution is 2.40. The lowest BCUT2D eigenvalue weighted by molar-refractivity contribution is 0.209. The number of nitrogens with zero attached hydrogens (tertiary/aromatic N) is 1. The molecule has 0 fully saturated rings. The van der Waals surface area contributed by atoms with E-state index in [4.69, 9.17) is 9.84 Å². The fourth-order valence-corrected chi connectivity index (χ4v) is 2.37. The van der Waals surface area contributed by atoms with Gasteiger partial charge in [0.25, 0.3) is 0 Å². The molecule has 0 aliphatic carbocycles. The van der Waals surface area contributed by atoms with Crippen LogP contribution in [0.3, 0.4) is 0 Å². The minimum Gasteiger partial charge on any atom is -0.492 e. The van der Waals surface area contributed by atoms with Crippen molar-refractivity contribution < 1.29 is 23.1 Å². The lowest BCUT2D eigenvalue weighted by atomic mass is 9.86. The number of amides is 1. The van der Waals surface area contributed by atoms with Crippen molar-refractivity contribution in [3.8, 4) is 5.75 Å². The number of hydrogen-bond donors (Lipinski definition) is 2. The fraction of sp³-hybridized carbons (Fsp3) is 0.500. The summed E-state index contributed by atoms with van der Waals surface area (Å²) in [4.78, 5) is 11.0.